The van der Waals surface area contributed by atoms with Crippen LogP contribution in [0.4, 0.5) is 0 Å². The van der Waals surface area contributed by atoms with Gasteiger partial charge in [0, 0.05) is 12.6 Å². The van der Waals surface area contributed by atoms with Crippen LogP contribution in [0.15, 0.2) is 54.6 Å². The molecule has 0 amide bonds. The largest absolute Gasteiger partial charge is 0.492 e. The molecule has 0 saturated carbocycles. The second kappa shape index (κ2) is 8.48. The summed E-state index contributed by atoms with van der Waals surface area (Å²) >= 11 is 0. The number of rotatable bonds is 8. The Morgan fingerprint density at radius 2 is 1.67 bits per heavy atom. The molecule has 0 spiro atoms. The fourth-order valence-corrected chi connectivity index (χ4v) is 2.34. The summed E-state index contributed by atoms with van der Waals surface area (Å²) in [5.74, 6) is 0.949. The first-order valence-electron chi connectivity index (χ1n) is 7.77. The van der Waals surface area contributed by atoms with Crippen molar-refractivity contribution in [2.45, 2.75) is 32.7 Å². The highest BCUT2D eigenvalue weighted by Crippen LogP contribution is 2.12. The first-order valence-corrected chi connectivity index (χ1v) is 7.77. The van der Waals surface area contributed by atoms with Gasteiger partial charge in [-0.05, 0) is 43.0 Å². The Bertz CT molecular complexity index is 507. The molecule has 0 aliphatic rings. The molecule has 0 aromatic heterocycles. The predicted molar refractivity (Wildman–Crippen MR) is 88.9 cm³/mol. The van der Waals surface area contributed by atoms with Crippen LogP contribution in [0.2, 0.25) is 0 Å². The van der Waals surface area contributed by atoms with Crippen LogP contribution in [0.3, 0.4) is 0 Å². The van der Waals surface area contributed by atoms with Gasteiger partial charge in [-0.1, -0.05) is 49.4 Å². The van der Waals surface area contributed by atoms with Crippen LogP contribution in [0.1, 0.15) is 25.0 Å². The smallest absolute Gasteiger partial charge is 0.119 e. The zero-order chi connectivity index (χ0) is 14.9. The van der Waals surface area contributed by atoms with E-state index in [2.05, 4.69) is 61.6 Å². The number of hydrogen-bond donors (Lipinski definition) is 1. The molecule has 2 aromatic carbocycles. The summed E-state index contributed by atoms with van der Waals surface area (Å²) in [6.07, 6.45) is 2.12. The average Bonchev–Trinajstić information content (AvgIpc) is 2.53. The van der Waals surface area contributed by atoms with Crippen molar-refractivity contribution in [1.29, 1.82) is 0 Å². The van der Waals surface area contributed by atoms with E-state index in [1.54, 1.807) is 0 Å². The lowest BCUT2D eigenvalue weighted by Gasteiger charge is -2.14. The molecule has 0 bridgehead atoms. The maximum absolute atomic E-state index is 5.74. The number of nitrogens with one attached hydrogen (secondary N) is 1. The van der Waals surface area contributed by atoms with Crippen LogP contribution in [0.5, 0.6) is 5.75 Å². The summed E-state index contributed by atoms with van der Waals surface area (Å²) < 4.78 is 5.74. The molecule has 0 aliphatic heterocycles. The Hall–Kier alpha value is -1.80. The Labute approximate surface area is 128 Å². The number of hydrogen-bond acceptors (Lipinski definition) is 2. The molecule has 1 atom stereocenters. The van der Waals surface area contributed by atoms with Crippen molar-refractivity contribution >= 4 is 0 Å². The number of aryl methyl sites for hydroxylation is 1. The van der Waals surface area contributed by atoms with Crippen molar-refractivity contribution in [3.05, 3.63) is 65.7 Å². The van der Waals surface area contributed by atoms with E-state index in [9.17, 15) is 0 Å². The quantitative estimate of drug-likeness (QED) is 0.743. The molecule has 0 fully saturated rings. The maximum Gasteiger partial charge on any atom is 0.119 e. The third-order valence-corrected chi connectivity index (χ3v) is 3.58. The molecule has 0 saturated heterocycles. The molecule has 2 nitrogen and oxygen atoms in total. The second-order valence-electron chi connectivity index (χ2n) is 5.39. The van der Waals surface area contributed by atoms with Gasteiger partial charge in [0.05, 0.1) is 0 Å². The molecule has 21 heavy (non-hydrogen) atoms. The van der Waals surface area contributed by atoms with Crippen LogP contribution < -0.4 is 10.1 Å². The summed E-state index contributed by atoms with van der Waals surface area (Å²) in [5, 5.41) is 3.50. The lowest BCUT2D eigenvalue weighted by molar-refractivity contribution is 0.306. The van der Waals surface area contributed by atoms with Crippen LogP contribution >= 0.6 is 0 Å². The molecule has 1 N–H and O–H groups in total. The topological polar surface area (TPSA) is 21.3 Å². The molecule has 1 unspecified atom stereocenters. The van der Waals surface area contributed by atoms with E-state index in [4.69, 9.17) is 4.74 Å². The zero-order valence-electron chi connectivity index (χ0n) is 13.0. The van der Waals surface area contributed by atoms with E-state index >= 15 is 0 Å². The number of benzene rings is 2. The highest BCUT2D eigenvalue weighted by atomic mass is 16.5. The van der Waals surface area contributed by atoms with Gasteiger partial charge >= 0.3 is 0 Å². The molecule has 112 valence electrons. The van der Waals surface area contributed by atoms with Gasteiger partial charge in [0.25, 0.3) is 0 Å². The molecule has 0 aliphatic carbocycles. The lowest BCUT2D eigenvalue weighted by Crippen LogP contribution is -2.31. The zero-order valence-corrected chi connectivity index (χ0v) is 13.0. The lowest BCUT2D eigenvalue weighted by atomic mass is 10.1. The fourth-order valence-electron chi connectivity index (χ4n) is 2.34. The van der Waals surface area contributed by atoms with Gasteiger partial charge in [0.2, 0.25) is 0 Å². The van der Waals surface area contributed by atoms with Gasteiger partial charge in [0.15, 0.2) is 0 Å². The van der Waals surface area contributed by atoms with Crippen molar-refractivity contribution in [3.8, 4) is 5.75 Å². The monoisotopic (exact) mass is 283 g/mol. The molecule has 0 heterocycles. The van der Waals surface area contributed by atoms with E-state index < -0.39 is 0 Å². The van der Waals surface area contributed by atoms with Crippen molar-refractivity contribution < 1.29 is 4.74 Å². The normalized spacial score (nSPS) is 12.1. The Balaban J connectivity index is 1.64. The fraction of sp³-hybridized carbons (Fsp3) is 0.368. The Morgan fingerprint density at radius 3 is 2.33 bits per heavy atom. The van der Waals surface area contributed by atoms with E-state index in [0.717, 1.165) is 25.1 Å². The number of ether oxygens (including phenoxy) is 1. The standard InChI is InChI=1S/C19H25NO/c1-3-17-9-11-19(12-10-17)21-14-13-20-16(2)15-18-7-5-4-6-8-18/h4-12,16,20H,3,13-15H2,1-2H3. The van der Waals surface area contributed by atoms with Crippen LogP contribution in [0, 0.1) is 0 Å². The average molecular weight is 283 g/mol. The predicted octanol–water partition coefficient (Wildman–Crippen LogP) is 3.85. The van der Waals surface area contributed by atoms with Gasteiger partial charge in [-0.25, -0.2) is 0 Å². The minimum atomic E-state index is 0.457. The van der Waals surface area contributed by atoms with Crippen molar-refractivity contribution in [2.75, 3.05) is 13.2 Å². The first-order chi connectivity index (χ1) is 10.3. The second-order valence-corrected chi connectivity index (χ2v) is 5.39. The summed E-state index contributed by atoms with van der Waals surface area (Å²) in [6, 6.07) is 19.4. The van der Waals surface area contributed by atoms with E-state index in [1.807, 2.05) is 12.1 Å². The summed E-state index contributed by atoms with van der Waals surface area (Å²) in [6.45, 7) is 5.94. The summed E-state index contributed by atoms with van der Waals surface area (Å²) in [5.41, 5.74) is 2.71. The Morgan fingerprint density at radius 1 is 0.952 bits per heavy atom. The maximum atomic E-state index is 5.74. The van der Waals surface area contributed by atoms with E-state index in [-0.39, 0.29) is 0 Å². The minimum absolute atomic E-state index is 0.457. The summed E-state index contributed by atoms with van der Waals surface area (Å²) in [7, 11) is 0. The van der Waals surface area contributed by atoms with Gasteiger partial charge < -0.3 is 10.1 Å². The van der Waals surface area contributed by atoms with Crippen molar-refractivity contribution in [3.63, 3.8) is 0 Å². The van der Waals surface area contributed by atoms with Crippen molar-refractivity contribution in [1.82, 2.24) is 5.32 Å². The molecule has 2 heteroatoms. The summed E-state index contributed by atoms with van der Waals surface area (Å²) in [4.78, 5) is 0. The SMILES string of the molecule is CCc1ccc(OCCNC(C)Cc2ccccc2)cc1. The van der Waals surface area contributed by atoms with E-state index in [0.29, 0.717) is 12.6 Å². The molecule has 2 rings (SSSR count). The molecular weight excluding hydrogens is 258 g/mol. The van der Waals surface area contributed by atoms with Gasteiger partial charge in [-0.2, -0.15) is 0 Å². The highest BCUT2D eigenvalue weighted by Gasteiger charge is 2.02. The van der Waals surface area contributed by atoms with Crippen LogP contribution in [-0.2, 0) is 12.8 Å². The minimum Gasteiger partial charge on any atom is -0.492 e. The third-order valence-electron chi connectivity index (χ3n) is 3.58. The van der Waals surface area contributed by atoms with Gasteiger partial charge in [0.1, 0.15) is 12.4 Å². The van der Waals surface area contributed by atoms with Crippen molar-refractivity contribution in [2.24, 2.45) is 0 Å². The first kappa shape index (κ1) is 15.6. The van der Waals surface area contributed by atoms with Crippen LogP contribution in [-0.4, -0.2) is 19.2 Å². The highest BCUT2D eigenvalue weighted by molar-refractivity contribution is 5.27. The van der Waals surface area contributed by atoms with E-state index in [1.165, 1.54) is 11.1 Å². The Kier molecular flexibility index (Phi) is 6.29. The third kappa shape index (κ3) is 5.60. The van der Waals surface area contributed by atoms with Crippen LogP contribution in [0.25, 0.3) is 0 Å². The van der Waals surface area contributed by atoms with Gasteiger partial charge in [-0.3, -0.25) is 0 Å². The molecule has 0 radical (unpaired) electrons. The van der Waals surface area contributed by atoms with Gasteiger partial charge in [-0.15, -0.1) is 0 Å². The molecular formula is C19H25NO. The molecule has 2 aromatic rings.